The normalized spacial score (nSPS) is 19.5. The van der Waals surface area contributed by atoms with Crippen molar-refractivity contribution < 1.29 is 0 Å². The van der Waals surface area contributed by atoms with Gasteiger partial charge in [-0.25, -0.2) is 0 Å². The van der Waals surface area contributed by atoms with Crippen molar-refractivity contribution in [2.75, 3.05) is 33.2 Å². The van der Waals surface area contributed by atoms with Crippen LogP contribution in [0.25, 0.3) is 0 Å². The molecule has 0 unspecified atom stereocenters. The molecule has 0 atom stereocenters. The van der Waals surface area contributed by atoms with Crippen LogP contribution in [0.2, 0.25) is 0 Å². The Hall–Kier alpha value is -0.520. The second kappa shape index (κ2) is 6.01. The SMILES string of the molecule is CC#CCNCC1CCN(C)CC1. The number of piperidine rings is 1. The van der Waals surface area contributed by atoms with E-state index in [0.29, 0.717) is 0 Å². The summed E-state index contributed by atoms with van der Waals surface area (Å²) in [6.07, 6.45) is 2.67. The van der Waals surface area contributed by atoms with Crippen LogP contribution in [0.1, 0.15) is 19.8 Å². The van der Waals surface area contributed by atoms with Crippen molar-refractivity contribution in [2.24, 2.45) is 5.92 Å². The van der Waals surface area contributed by atoms with Crippen molar-refractivity contribution in [3.8, 4) is 11.8 Å². The highest BCUT2D eigenvalue weighted by Crippen LogP contribution is 2.14. The maximum Gasteiger partial charge on any atom is 0.0576 e. The Morgan fingerprint density at radius 3 is 2.69 bits per heavy atom. The monoisotopic (exact) mass is 180 g/mol. The van der Waals surface area contributed by atoms with Gasteiger partial charge in [-0.3, -0.25) is 0 Å². The third-order valence-corrected chi connectivity index (χ3v) is 2.66. The predicted molar refractivity (Wildman–Crippen MR) is 56.5 cm³/mol. The van der Waals surface area contributed by atoms with Gasteiger partial charge >= 0.3 is 0 Å². The van der Waals surface area contributed by atoms with Crippen LogP contribution in [0, 0.1) is 17.8 Å². The zero-order valence-electron chi connectivity index (χ0n) is 8.77. The quantitative estimate of drug-likeness (QED) is 0.514. The zero-order valence-corrected chi connectivity index (χ0v) is 8.77. The number of hydrogen-bond donors (Lipinski definition) is 1. The second-order valence-electron chi connectivity index (χ2n) is 3.80. The Bertz CT molecular complexity index is 182. The Morgan fingerprint density at radius 1 is 1.38 bits per heavy atom. The minimum Gasteiger partial charge on any atom is -0.306 e. The van der Waals surface area contributed by atoms with E-state index < -0.39 is 0 Å². The molecule has 0 bridgehead atoms. The largest absolute Gasteiger partial charge is 0.306 e. The molecule has 0 aliphatic carbocycles. The lowest BCUT2D eigenvalue weighted by atomic mass is 9.97. The summed E-state index contributed by atoms with van der Waals surface area (Å²) in [6.45, 7) is 6.39. The van der Waals surface area contributed by atoms with E-state index in [0.717, 1.165) is 19.0 Å². The number of likely N-dealkylation sites (tertiary alicyclic amines) is 1. The van der Waals surface area contributed by atoms with Gasteiger partial charge in [-0.2, -0.15) is 0 Å². The van der Waals surface area contributed by atoms with E-state index >= 15 is 0 Å². The molecule has 0 aromatic carbocycles. The van der Waals surface area contributed by atoms with Crippen LogP contribution in [-0.2, 0) is 0 Å². The molecule has 0 radical (unpaired) electrons. The average Bonchev–Trinajstić information content (AvgIpc) is 2.15. The van der Waals surface area contributed by atoms with Gasteiger partial charge in [0.1, 0.15) is 0 Å². The summed E-state index contributed by atoms with van der Waals surface area (Å²) in [5.74, 6) is 6.79. The van der Waals surface area contributed by atoms with Crippen LogP contribution < -0.4 is 5.32 Å². The molecule has 74 valence electrons. The Labute approximate surface area is 81.7 Å². The highest BCUT2D eigenvalue weighted by Gasteiger charge is 2.15. The van der Waals surface area contributed by atoms with Gasteiger partial charge < -0.3 is 10.2 Å². The molecule has 1 aliphatic rings. The number of nitrogens with zero attached hydrogens (tertiary/aromatic N) is 1. The van der Waals surface area contributed by atoms with Crippen molar-refractivity contribution in [1.29, 1.82) is 0 Å². The standard InChI is InChI=1S/C11H20N2/c1-3-4-7-12-10-11-5-8-13(2)9-6-11/h11-12H,5-10H2,1-2H3. The molecule has 2 heteroatoms. The minimum atomic E-state index is 0.850. The first-order valence-electron chi connectivity index (χ1n) is 5.12. The summed E-state index contributed by atoms with van der Waals surface area (Å²) in [5.41, 5.74) is 0. The Kier molecular flexibility index (Phi) is 4.88. The van der Waals surface area contributed by atoms with Gasteiger partial charge in [0, 0.05) is 0 Å². The highest BCUT2D eigenvalue weighted by atomic mass is 15.1. The summed E-state index contributed by atoms with van der Waals surface area (Å²) >= 11 is 0. The lowest BCUT2D eigenvalue weighted by molar-refractivity contribution is 0.217. The van der Waals surface area contributed by atoms with Crippen LogP contribution in [0.5, 0.6) is 0 Å². The molecule has 13 heavy (non-hydrogen) atoms. The topological polar surface area (TPSA) is 15.3 Å². The van der Waals surface area contributed by atoms with Crippen LogP contribution in [0.3, 0.4) is 0 Å². The van der Waals surface area contributed by atoms with E-state index in [1.54, 1.807) is 0 Å². The fourth-order valence-electron chi connectivity index (χ4n) is 1.69. The summed E-state index contributed by atoms with van der Waals surface area (Å²) < 4.78 is 0. The molecule has 1 fully saturated rings. The molecule has 0 spiro atoms. The first-order chi connectivity index (χ1) is 6.33. The molecule has 1 rings (SSSR count). The molecule has 1 heterocycles. The van der Waals surface area contributed by atoms with Crippen molar-refractivity contribution in [3.05, 3.63) is 0 Å². The minimum absolute atomic E-state index is 0.850. The first-order valence-corrected chi connectivity index (χ1v) is 5.12. The third-order valence-electron chi connectivity index (χ3n) is 2.66. The Balaban J connectivity index is 2.04. The summed E-state index contributed by atoms with van der Waals surface area (Å²) in [7, 11) is 2.20. The summed E-state index contributed by atoms with van der Waals surface area (Å²) in [6, 6.07) is 0. The fourth-order valence-corrected chi connectivity index (χ4v) is 1.69. The molecular weight excluding hydrogens is 160 g/mol. The van der Waals surface area contributed by atoms with E-state index in [1.807, 2.05) is 6.92 Å². The number of hydrogen-bond acceptors (Lipinski definition) is 2. The van der Waals surface area contributed by atoms with Gasteiger partial charge in [0.15, 0.2) is 0 Å². The van der Waals surface area contributed by atoms with Crippen molar-refractivity contribution >= 4 is 0 Å². The van der Waals surface area contributed by atoms with E-state index in [4.69, 9.17) is 0 Å². The van der Waals surface area contributed by atoms with E-state index in [-0.39, 0.29) is 0 Å². The van der Waals surface area contributed by atoms with Gasteiger partial charge in [0.2, 0.25) is 0 Å². The molecule has 1 N–H and O–H groups in total. The number of nitrogens with one attached hydrogen (secondary N) is 1. The molecule has 1 saturated heterocycles. The second-order valence-corrected chi connectivity index (χ2v) is 3.80. The maximum absolute atomic E-state index is 3.38. The molecule has 1 aliphatic heterocycles. The zero-order chi connectivity index (χ0) is 9.52. The average molecular weight is 180 g/mol. The first kappa shape index (κ1) is 10.6. The Morgan fingerprint density at radius 2 is 2.08 bits per heavy atom. The van der Waals surface area contributed by atoms with Crippen LogP contribution in [0.4, 0.5) is 0 Å². The maximum atomic E-state index is 3.38. The lowest BCUT2D eigenvalue weighted by Crippen LogP contribution is -2.35. The molecule has 0 saturated carbocycles. The van der Waals surface area contributed by atoms with Gasteiger partial charge in [-0.15, -0.1) is 5.92 Å². The van der Waals surface area contributed by atoms with Gasteiger partial charge in [0.25, 0.3) is 0 Å². The van der Waals surface area contributed by atoms with Crippen molar-refractivity contribution in [1.82, 2.24) is 10.2 Å². The van der Waals surface area contributed by atoms with Crippen LogP contribution in [0.15, 0.2) is 0 Å². The smallest absolute Gasteiger partial charge is 0.0576 e. The fraction of sp³-hybridized carbons (Fsp3) is 0.818. The molecule has 0 amide bonds. The van der Waals surface area contributed by atoms with E-state index in [1.165, 1.54) is 25.9 Å². The summed E-state index contributed by atoms with van der Waals surface area (Å²) in [5, 5.41) is 3.38. The molecular formula is C11H20N2. The van der Waals surface area contributed by atoms with Gasteiger partial charge in [-0.1, -0.05) is 5.92 Å². The van der Waals surface area contributed by atoms with Crippen LogP contribution in [-0.4, -0.2) is 38.1 Å². The highest BCUT2D eigenvalue weighted by molar-refractivity contribution is 4.97. The van der Waals surface area contributed by atoms with Crippen molar-refractivity contribution in [2.45, 2.75) is 19.8 Å². The lowest BCUT2D eigenvalue weighted by Gasteiger charge is -2.28. The molecule has 2 nitrogen and oxygen atoms in total. The van der Waals surface area contributed by atoms with E-state index in [2.05, 4.69) is 29.1 Å². The predicted octanol–water partition coefficient (Wildman–Crippen LogP) is 0.941. The van der Waals surface area contributed by atoms with Crippen molar-refractivity contribution in [3.63, 3.8) is 0 Å². The van der Waals surface area contributed by atoms with Crippen LogP contribution >= 0.6 is 0 Å². The molecule has 0 aromatic heterocycles. The van der Waals surface area contributed by atoms with Gasteiger partial charge in [0.05, 0.1) is 6.54 Å². The molecule has 0 aromatic rings. The third kappa shape index (κ3) is 4.31. The van der Waals surface area contributed by atoms with Gasteiger partial charge in [-0.05, 0) is 52.4 Å². The number of rotatable bonds is 3. The summed E-state index contributed by atoms with van der Waals surface area (Å²) in [4.78, 5) is 2.41. The van der Waals surface area contributed by atoms with E-state index in [9.17, 15) is 0 Å².